The van der Waals surface area contributed by atoms with Crippen molar-refractivity contribution in [3.8, 4) is 0 Å². The van der Waals surface area contributed by atoms with Gasteiger partial charge in [0, 0.05) is 7.05 Å². The van der Waals surface area contributed by atoms with Gasteiger partial charge in [-0.2, -0.15) is 0 Å². The molecule has 0 spiro atoms. The molecule has 0 aromatic carbocycles. The van der Waals surface area contributed by atoms with E-state index in [1.54, 1.807) is 18.9 Å². The zero-order valence-corrected chi connectivity index (χ0v) is 8.22. The van der Waals surface area contributed by atoms with Crippen LogP contribution in [0.1, 0.15) is 13.8 Å². The highest BCUT2D eigenvalue weighted by atomic mass is 16.2. The Bertz CT molecular complexity index is 293. The quantitative estimate of drug-likeness (QED) is 0.605. The summed E-state index contributed by atoms with van der Waals surface area (Å²) in [5.74, 6) is 0.523. The first-order valence-electron chi connectivity index (χ1n) is 4.14. The minimum Gasteiger partial charge on any atom is -0.384 e. The molecule has 0 fully saturated rings. The molecular weight excluding hydrogens is 166 g/mol. The lowest BCUT2D eigenvalue weighted by molar-refractivity contribution is -0.125. The third-order valence-electron chi connectivity index (χ3n) is 2.27. The molecule has 0 unspecified atom stereocenters. The number of hydrogen-bond acceptors (Lipinski definition) is 3. The Morgan fingerprint density at radius 2 is 2.23 bits per heavy atom. The summed E-state index contributed by atoms with van der Waals surface area (Å²) in [5.41, 5.74) is 7.20. The second-order valence-corrected chi connectivity index (χ2v) is 3.32. The van der Waals surface area contributed by atoms with E-state index < -0.39 is 0 Å². The molecule has 0 aromatic rings. The zero-order chi connectivity index (χ0) is 10.2. The smallest absolute Gasteiger partial charge is 0.246 e. The summed E-state index contributed by atoms with van der Waals surface area (Å²) in [6, 6.07) is -0.219. The summed E-state index contributed by atoms with van der Waals surface area (Å²) < 4.78 is 0. The van der Waals surface area contributed by atoms with Crippen LogP contribution in [0.3, 0.4) is 0 Å². The Kier molecular flexibility index (Phi) is 2.32. The van der Waals surface area contributed by atoms with Crippen molar-refractivity contribution in [1.82, 2.24) is 10.2 Å². The minimum absolute atomic E-state index is 0.0466. The molecule has 1 rings (SSSR count). The molecule has 1 aliphatic heterocycles. The van der Waals surface area contributed by atoms with Crippen molar-refractivity contribution in [3.63, 3.8) is 0 Å². The number of nitrogens with two attached hydrogens (primary N) is 1. The van der Waals surface area contributed by atoms with Gasteiger partial charge in [-0.25, -0.2) is 0 Å². The average molecular weight is 181 g/mol. The number of hydrogen-bond donors (Lipinski definition) is 2. The molecule has 0 saturated carbocycles. The molecule has 13 heavy (non-hydrogen) atoms. The van der Waals surface area contributed by atoms with Gasteiger partial charge in [0.2, 0.25) is 5.91 Å². The Hall–Kier alpha value is -1.45. The largest absolute Gasteiger partial charge is 0.384 e. The van der Waals surface area contributed by atoms with Crippen molar-refractivity contribution < 1.29 is 4.79 Å². The van der Waals surface area contributed by atoms with Crippen LogP contribution in [-0.4, -0.2) is 23.9 Å². The van der Waals surface area contributed by atoms with Gasteiger partial charge in [-0.15, -0.1) is 0 Å². The number of nitrogens with zero attached hydrogens (tertiary/aromatic N) is 1. The second kappa shape index (κ2) is 3.12. The van der Waals surface area contributed by atoms with E-state index in [1.807, 2.05) is 6.92 Å². The van der Waals surface area contributed by atoms with Gasteiger partial charge < -0.3 is 16.0 Å². The summed E-state index contributed by atoms with van der Waals surface area (Å²) in [6.07, 6.45) is 0. The lowest BCUT2D eigenvalue weighted by atomic mass is 10.1. The van der Waals surface area contributed by atoms with Crippen LogP contribution >= 0.6 is 0 Å². The van der Waals surface area contributed by atoms with Crippen LogP contribution in [0.2, 0.25) is 0 Å². The van der Waals surface area contributed by atoms with Gasteiger partial charge in [-0.3, -0.25) is 4.79 Å². The Balaban J connectivity index is 3.08. The molecule has 1 aliphatic rings. The van der Waals surface area contributed by atoms with E-state index in [0.29, 0.717) is 11.5 Å². The van der Waals surface area contributed by atoms with Crippen LogP contribution in [0.4, 0.5) is 0 Å². The van der Waals surface area contributed by atoms with Crippen LogP contribution in [-0.2, 0) is 4.79 Å². The summed E-state index contributed by atoms with van der Waals surface area (Å²) in [5, 5.41) is 2.72. The topological polar surface area (TPSA) is 58.4 Å². The van der Waals surface area contributed by atoms with E-state index in [0.717, 1.165) is 5.57 Å². The van der Waals surface area contributed by atoms with Crippen molar-refractivity contribution in [1.29, 1.82) is 0 Å². The summed E-state index contributed by atoms with van der Waals surface area (Å²) in [4.78, 5) is 13.1. The highest BCUT2D eigenvalue weighted by molar-refractivity contribution is 5.85. The average Bonchev–Trinajstić information content (AvgIpc) is 2.07. The number of rotatable bonds is 1. The van der Waals surface area contributed by atoms with Crippen LogP contribution in [0.5, 0.6) is 0 Å². The highest BCUT2D eigenvalue weighted by Gasteiger charge is 2.27. The van der Waals surface area contributed by atoms with E-state index in [4.69, 9.17) is 5.73 Å². The Morgan fingerprint density at radius 3 is 2.69 bits per heavy atom. The Morgan fingerprint density at radius 1 is 1.69 bits per heavy atom. The first-order valence-corrected chi connectivity index (χ1v) is 4.14. The molecule has 0 bridgehead atoms. The fourth-order valence-electron chi connectivity index (χ4n) is 1.18. The van der Waals surface area contributed by atoms with Gasteiger partial charge in [-0.05, 0) is 19.4 Å². The SMILES string of the molecule is C=C(C)C1=C(N)N(C)[C@@H](C)C(=O)N1. The molecular formula is C9H15N3O. The van der Waals surface area contributed by atoms with Gasteiger partial charge >= 0.3 is 0 Å². The first-order chi connectivity index (χ1) is 5.95. The van der Waals surface area contributed by atoms with Crippen LogP contribution in [0.15, 0.2) is 23.7 Å². The predicted molar refractivity (Wildman–Crippen MR) is 51.4 cm³/mol. The molecule has 4 heteroatoms. The molecule has 0 aromatic heterocycles. The number of carbonyl (C=O) groups excluding carboxylic acids is 1. The number of amides is 1. The second-order valence-electron chi connectivity index (χ2n) is 3.32. The van der Waals surface area contributed by atoms with Crippen LogP contribution < -0.4 is 11.1 Å². The van der Waals surface area contributed by atoms with Crippen LogP contribution in [0, 0.1) is 0 Å². The van der Waals surface area contributed by atoms with Crippen molar-refractivity contribution in [2.45, 2.75) is 19.9 Å². The lowest BCUT2D eigenvalue weighted by Crippen LogP contribution is -2.50. The van der Waals surface area contributed by atoms with E-state index in [9.17, 15) is 4.79 Å². The molecule has 4 nitrogen and oxygen atoms in total. The zero-order valence-electron chi connectivity index (χ0n) is 8.22. The minimum atomic E-state index is -0.219. The van der Waals surface area contributed by atoms with Crippen molar-refractivity contribution in [3.05, 3.63) is 23.7 Å². The van der Waals surface area contributed by atoms with E-state index in [2.05, 4.69) is 11.9 Å². The van der Waals surface area contributed by atoms with E-state index in [1.165, 1.54) is 0 Å². The third kappa shape index (κ3) is 1.52. The molecule has 0 aliphatic carbocycles. The van der Waals surface area contributed by atoms with Crippen molar-refractivity contribution in [2.75, 3.05) is 7.05 Å². The molecule has 3 N–H and O–H groups in total. The normalized spacial score (nSPS) is 23.2. The molecule has 72 valence electrons. The van der Waals surface area contributed by atoms with Gasteiger partial charge in [0.15, 0.2) is 0 Å². The molecule has 1 atom stereocenters. The van der Waals surface area contributed by atoms with E-state index in [-0.39, 0.29) is 11.9 Å². The van der Waals surface area contributed by atoms with Gasteiger partial charge in [0.25, 0.3) is 0 Å². The predicted octanol–water partition coefficient (Wildman–Crippen LogP) is 0.140. The van der Waals surface area contributed by atoms with Gasteiger partial charge in [-0.1, -0.05) is 6.58 Å². The maximum absolute atomic E-state index is 11.4. The van der Waals surface area contributed by atoms with E-state index >= 15 is 0 Å². The number of nitrogens with one attached hydrogen (secondary N) is 1. The number of carbonyl (C=O) groups is 1. The van der Waals surface area contributed by atoms with Crippen molar-refractivity contribution >= 4 is 5.91 Å². The summed E-state index contributed by atoms with van der Waals surface area (Å²) >= 11 is 0. The lowest BCUT2D eigenvalue weighted by Gasteiger charge is -2.33. The number of allylic oxidation sites excluding steroid dienone is 1. The first kappa shape index (κ1) is 9.64. The highest BCUT2D eigenvalue weighted by Crippen LogP contribution is 2.16. The van der Waals surface area contributed by atoms with Gasteiger partial charge in [0.05, 0.1) is 5.70 Å². The standard InChI is InChI=1S/C9H15N3O/c1-5(2)7-8(10)12(4)6(3)9(13)11-7/h6H,1,10H2,2-4H3,(H,11,13)/t6-/m0/s1. The fourth-order valence-corrected chi connectivity index (χ4v) is 1.18. The molecule has 0 radical (unpaired) electrons. The molecule has 1 amide bonds. The maximum Gasteiger partial charge on any atom is 0.246 e. The number of likely N-dealkylation sites (N-methyl/N-ethyl adjacent to an activating group) is 1. The molecule has 1 heterocycles. The monoisotopic (exact) mass is 181 g/mol. The summed E-state index contributed by atoms with van der Waals surface area (Å²) in [7, 11) is 1.79. The Labute approximate surface area is 78.1 Å². The molecule has 0 saturated heterocycles. The summed E-state index contributed by atoms with van der Waals surface area (Å²) in [6.45, 7) is 7.36. The van der Waals surface area contributed by atoms with Gasteiger partial charge in [0.1, 0.15) is 11.9 Å². The van der Waals surface area contributed by atoms with Crippen molar-refractivity contribution in [2.24, 2.45) is 5.73 Å². The van der Waals surface area contributed by atoms with Crippen LogP contribution in [0.25, 0.3) is 0 Å². The fraction of sp³-hybridized carbons (Fsp3) is 0.444. The maximum atomic E-state index is 11.4. The third-order valence-corrected chi connectivity index (χ3v) is 2.27.